The van der Waals surface area contributed by atoms with Crippen LogP contribution in [0.3, 0.4) is 0 Å². The standard InChI is InChI=1S/C30H25F2IN2O5/c1-37-23-14-12-22(13-15-23)29(20-8-4-2-5-9-20,21-10-6-3-7-11-21)39-25-28(18-33)19-38-27-34-24(36)16-17-35(27)26(40-28)30(25,31)32/h2-17,25-26H,18-19H2,1H3/t25-,26-,28-/m1/s1. The summed E-state index contributed by atoms with van der Waals surface area (Å²) in [7, 11) is 1.57. The van der Waals surface area contributed by atoms with Crippen LogP contribution in [0.15, 0.2) is 102 Å². The minimum Gasteiger partial charge on any atom is -0.497 e. The molecular weight excluding hydrogens is 633 g/mol. The van der Waals surface area contributed by atoms with Crippen molar-refractivity contribution in [2.45, 2.75) is 29.5 Å². The second kappa shape index (κ2) is 10.2. The van der Waals surface area contributed by atoms with Crippen molar-refractivity contribution in [3.63, 3.8) is 0 Å². The van der Waals surface area contributed by atoms with Crippen LogP contribution in [0.25, 0.3) is 0 Å². The number of aromatic nitrogens is 2. The van der Waals surface area contributed by atoms with E-state index < -0.39 is 35.0 Å². The molecule has 1 saturated heterocycles. The predicted octanol–water partition coefficient (Wildman–Crippen LogP) is 5.36. The second-order valence-corrected chi connectivity index (χ2v) is 10.5. The number of methoxy groups -OCH3 is 1. The zero-order chi connectivity index (χ0) is 28.0. The molecule has 0 unspecified atom stereocenters. The van der Waals surface area contributed by atoms with E-state index in [1.165, 1.54) is 6.20 Å². The van der Waals surface area contributed by atoms with Crippen molar-refractivity contribution in [2.24, 2.45) is 0 Å². The average Bonchev–Trinajstić information content (AvgIpc) is 3.09. The molecule has 2 aliphatic heterocycles. The molecule has 3 heterocycles. The van der Waals surface area contributed by atoms with E-state index >= 15 is 8.78 Å². The molecule has 10 heteroatoms. The highest BCUT2D eigenvalue weighted by Gasteiger charge is 2.71. The van der Waals surface area contributed by atoms with Gasteiger partial charge >= 0.3 is 11.9 Å². The number of ether oxygens (including phenoxy) is 4. The lowest BCUT2D eigenvalue weighted by Gasteiger charge is -2.43. The highest BCUT2D eigenvalue weighted by atomic mass is 127. The van der Waals surface area contributed by atoms with Crippen LogP contribution < -0.4 is 15.0 Å². The number of halogens is 3. The van der Waals surface area contributed by atoms with Crippen molar-refractivity contribution in [3.8, 4) is 11.8 Å². The number of benzene rings is 3. The van der Waals surface area contributed by atoms with Crippen LogP contribution in [0.4, 0.5) is 8.78 Å². The lowest BCUT2D eigenvalue weighted by molar-refractivity contribution is -0.190. The van der Waals surface area contributed by atoms with E-state index in [-0.39, 0.29) is 17.0 Å². The third-order valence-corrected chi connectivity index (χ3v) is 8.67. The monoisotopic (exact) mass is 658 g/mol. The summed E-state index contributed by atoms with van der Waals surface area (Å²) in [6, 6.07) is 26.7. The molecule has 0 radical (unpaired) electrons. The van der Waals surface area contributed by atoms with Crippen LogP contribution in [0, 0.1) is 0 Å². The topological polar surface area (TPSA) is 71.8 Å². The van der Waals surface area contributed by atoms with Gasteiger partial charge in [0.1, 0.15) is 23.6 Å². The lowest BCUT2D eigenvalue weighted by Crippen LogP contribution is -2.57. The van der Waals surface area contributed by atoms with E-state index in [4.69, 9.17) is 18.9 Å². The molecule has 40 heavy (non-hydrogen) atoms. The predicted molar refractivity (Wildman–Crippen MR) is 151 cm³/mol. The van der Waals surface area contributed by atoms with Gasteiger partial charge < -0.3 is 18.9 Å². The summed E-state index contributed by atoms with van der Waals surface area (Å²) in [5, 5.41) is 0. The molecule has 2 aliphatic rings. The Morgan fingerprint density at radius 3 is 2.15 bits per heavy atom. The summed E-state index contributed by atoms with van der Waals surface area (Å²) in [5.41, 5.74) is -1.64. The molecule has 0 N–H and O–H groups in total. The van der Waals surface area contributed by atoms with Crippen molar-refractivity contribution >= 4 is 22.6 Å². The van der Waals surface area contributed by atoms with Crippen LogP contribution >= 0.6 is 22.6 Å². The first-order valence-corrected chi connectivity index (χ1v) is 14.1. The van der Waals surface area contributed by atoms with Gasteiger partial charge in [0.05, 0.1) is 7.11 Å². The van der Waals surface area contributed by atoms with Gasteiger partial charge in [-0.3, -0.25) is 9.36 Å². The molecule has 0 aliphatic carbocycles. The summed E-state index contributed by atoms with van der Waals surface area (Å²) in [4.78, 5) is 15.7. The second-order valence-electron chi connectivity index (χ2n) is 9.73. The van der Waals surface area contributed by atoms with E-state index in [9.17, 15) is 4.79 Å². The highest BCUT2D eigenvalue weighted by Crippen LogP contribution is 2.56. The maximum absolute atomic E-state index is 16.7. The number of nitrogens with zero attached hydrogens (tertiary/aromatic N) is 2. The molecular formula is C30H25F2IN2O5. The third-order valence-electron chi connectivity index (χ3n) is 7.38. The van der Waals surface area contributed by atoms with Crippen molar-refractivity contribution in [1.29, 1.82) is 0 Å². The quantitative estimate of drug-likeness (QED) is 0.151. The number of alkyl halides is 3. The van der Waals surface area contributed by atoms with Crippen molar-refractivity contribution in [2.75, 3.05) is 18.1 Å². The van der Waals surface area contributed by atoms with Gasteiger partial charge in [0.2, 0.25) is 6.23 Å². The molecule has 1 aromatic heterocycles. The minimum atomic E-state index is -3.54. The fourth-order valence-electron chi connectivity index (χ4n) is 5.44. The van der Waals surface area contributed by atoms with Crippen LogP contribution in [0.2, 0.25) is 0 Å². The van der Waals surface area contributed by atoms with E-state index in [0.717, 1.165) is 10.6 Å². The van der Waals surface area contributed by atoms with Gasteiger partial charge in [0.25, 0.3) is 5.56 Å². The van der Waals surface area contributed by atoms with Crippen LogP contribution in [0.5, 0.6) is 11.8 Å². The molecule has 1 fully saturated rings. The largest absolute Gasteiger partial charge is 0.497 e. The fourth-order valence-corrected chi connectivity index (χ4v) is 6.24. The van der Waals surface area contributed by atoms with Gasteiger partial charge in [-0.15, -0.1) is 0 Å². The molecule has 7 nitrogen and oxygen atoms in total. The number of fused-ring (bicyclic) bond motifs is 4. The Bertz CT molecular complexity index is 1510. The highest BCUT2D eigenvalue weighted by molar-refractivity contribution is 14.1. The fraction of sp³-hybridized carbons (Fsp3) is 0.267. The summed E-state index contributed by atoms with van der Waals surface area (Å²) in [6.45, 7) is -0.286. The van der Waals surface area contributed by atoms with Crippen LogP contribution in [0.1, 0.15) is 22.9 Å². The summed E-state index contributed by atoms with van der Waals surface area (Å²) in [6.07, 6.45) is -2.32. The van der Waals surface area contributed by atoms with Gasteiger partial charge in [-0.1, -0.05) is 95.4 Å². The number of hydrogen-bond donors (Lipinski definition) is 0. The Kier molecular flexibility index (Phi) is 6.87. The Morgan fingerprint density at radius 1 is 0.975 bits per heavy atom. The minimum absolute atomic E-state index is 0.128. The normalized spacial score (nSPS) is 23.1. The zero-order valence-electron chi connectivity index (χ0n) is 21.4. The van der Waals surface area contributed by atoms with E-state index in [0.29, 0.717) is 22.4 Å². The first kappa shape index (κ1) is 26.9. The Morgan fingerprint density at radius 2 is 1.57 bits per heavy atom. The summed E-state index contributed by atoms with van der Waals surface area (Å²) < 4.78 is 58.8. The molecule has 4 aromatic rings. The summed E-state index contributed by atoms with van der Waals surface area (Å²) in [5.74, 6) is -2.92. The van der Waals surface area contributed by atoms with Crippen molar-refractivity contribution in [3.05, 3.63) is 124 Å². The van der Waals surface area contributed by atoms with Gasteiger partial charge in [-0.2, -0.15) is 13.8 Å². The molecule has 0 saturated carbocycles. The molecule has 206 valence electrons. The number of rotatable bonds is 7. The first-order valence-electron chi connectivity index (χ1n) is 12.6. The Hall–Kier alpha value is -3.35. The molecule has 6 rings (SSSR count). The maximum Gasteiger partial charge on any atom is 0.321 e. The van der Waals surface area contributed by atoms with Gasteiger partial charge in [-0.05, 0) is 28.8 Å². The third kappa shape index (κ3) is 4.20. The molecule has 2 bridgehead atoms. The van der Waals surface area contributed by atoms with Gasteiger partial charge in [-0.25, -0.2) is 0 Å². The SMILES string of the molecule is COc1ccc(C(O[C@H]2C(F)(F)[C@H]3O[C@]2(CI)COc2nc(=O)ccn23)(c2ccccc2)c2ccccc2)cc1. The number of hydrogen-bond acceptors (Lipinski definition) is 6. The van der Waals surface area contributed by atoms with Gasteiger partial charge in [0.15, 0.2) is 6.10 Å². The lowest BCUT2D eigenvalue weighted by atomic mass is 9.79. The smallest absolute Gasteiger partial charge is 0.321 e. The first-order chi connectivity index (χ1) is 19.3. The van der Waals surface area contributed by atoms with E-state index in [1.807, 2.05) is 95.4 Å². The Labute approximate surface area is 242 Å². The molecule has 3 aromatic carbocycles. The van der Waals surface area contributed by atoms with Crippen molar-refractivity contribution in [1.82, 2.24) is 9.55 Å². The van der Waals surface area contributed by atoms with Gasteiger partial charge in [0, 0.05) is 16.7 Å². The summed E-state index contributed by atoms with van der Waals surface area (Å²) >= 11 is 2.02. The molecule has 0 amide bonds. The zero-order valence-corrected chi connectivity index (χ0v) is 23.5. The van der Waals surface area contributed by atoms with Crippen molar-refractivity contribution < 1.29 is 27.7 Å². The molecule has 0 spiro atoms. The Balaban J connectivity index is 1.58. The molecule has 3 atom stereocenters. The average molecular weight is 658 g/mol. The van der Waals surface area contributed by atoms with E-state index in [1.54, 1.807) is 19.2 Å². The van der Waals surface area contributed by atoms with Crippen LogP contribution in [-0.2, 0) is 15.1 Å². The maximum atomic E-state index is 16.7. The van der Waals surface area contributed by atoms with Crippen LogP contribution in [-0.4, -0.2) is 45.3 Å². The van der Waals surface area contributed by atoms with E-state index in [2.05, 4.69) is 4.98 Å².